The average Bonchev–Trinajstić information content (AvgIpc) is 3.09. The molecule has 1 heterocycles. The molecule has 0 aliphatic rings. The second kappa shape index (κ2) is 8.65. The van der Waals surface area contributed by atoms with E-state index in [9.17, 15) is 4.79 Å². The number of hydrogen-bond donors (Lipinski definition) is 2. The average molecular weight is 372 g/mol. The summed E-state index contributed by atoms with van der Waals surface area (Å²) in [6, 6.07) is 17.5. The number of nitrogens with one attached hydrogen (secondary N) is 2. The van der Waals surface area contributed by atoms with Crippen molar-refractivity contribution in [2.45, 2.75) is 12.8 Å². The molecule has 0 spiro atoms. The van der Waals surface area contributed by atoms with E-state index in [0.29, 0.717) is 16.7 Å². The Kier molecular flexibility index (Phi) is 6.04. The second-order valence-corrected chi connectivity index (χ2v) is 6.81. The van der Waals surface area contributed by atoms with Crippen LogP contribution in [0.3, 0.4) is 0 Å². The van der Waals surface area contributed by atoms with E-state index in [4.69, 9.17) is 11.6 Å². The Labute approximate surface area is 155 Å². The van der Waals surface area contributed by atoms with Crippen molar-refractivity contribution >= 4 is 34.1 Å². The fourth-order valence-electron chi connectivity index (χ4n) is 2.36. The number of halogens is 1. The van der Waals surface area contributed by atoms with E-state index in [1.807, 2.05) is 47.8 Å². The third-order valence-electron chi connectivity index (χ3n) is 3.64. The number of aromatic nitrogens is 1. The summed E-state index contributed by atoms with van der Waals surface area (Å²) in [6.45, 7) is 0.621. The Hall–Kier alpha value is -2.37. The molecule has 0 bridgehead atoms. The van der Waals surface area contributed by atoms with Crippen molar-refractivity contribution in [2.24, 2.45) is 0 Å². The Morgan fingerprint density at radius 2 is 1.84 bits per heavy atom. The van der Waals surface area contributed by atoms with Crippen molar-refractivity contribution in [1.82, 2.24) is 10.3 Å². The summed E-state index contributed by atoms with van der Waals surface area (Å²) >= 11 is 7.29. The molecule has 0 fully saturated rings. The van der Waals surface area contributed by atoms with Crippen LogP contribution in [0, 0.1) is 0 Å². The monoisotopic (exact) mass is 371 g/mol. The van der Waals surface area contributed by atoms with E-state index in [0.717, 1.165) is 24.1 Å². The summed E-state index contributed by atoms with van der Waals surface area (Å²) in [5, 5.41) is 8.80. The lowest BCUT2D eigenvalue weighted by atomic mass is 10.1. The number of benzene rings is 2. The van der Waals surface area contributed by atoms with Gasteiger partial charge in [-0.25, -0.2) is 9.78 Å². The van der Waals surface area contributed by atoms with Crippen LogP contribution in [0.1, 0.15) is 12.0 Å². The van der Waals surface area contributed by atoms with Crippen LogP contribution < -0.4 is 10.6 Å². The number of nitrogens with zero attached hydrogens (tertiary/aromatic N) is 1. The SMILES string of the molecule is O=C(NCCCc1ccccc1)Nc1nc(-c2ccc(Cl)cc2)cs1. The van der Waals surface area contributed by atoms with Gasteiger partial charge in [0.1, 0.15) is 0 Å². The van der Waals surface area contributed by atoms with Crippen molar-refractivity contribution in [3.8, 4) is 11.3 Å². The first kappa shape index (κ1) is 17.5. The molecule has 4 nitrogen and oxygen atoms in total. The second-order valence-electron chi connectivity index (χ2n) is 5.51. The maximum absolute atomic E-state index is 11.9. The van der Waals surface area contributed by atoms with E-state index >= 15 is 0 Å². The van der Waals surface area contributed by atoms with Gasteiger partial charge in [0.15, 0.2) is 5.13 Å². The van der Waals surface area contributed by atoms with E-state index in [2.05, 4.69) is 27.8 Å². The lowest BCUT2D eigenvalue weighted by molar-refractivity contribution is 0.252. The van der Waals surface area contributed by atoms with Gasteiger partial charge in [-0.2, -0.15) is 0 Å². The molecule has 128 valence electrons. The first-order chi connectivity index (χ1) is 12.2. The molecule has 2 aromatic carbocycles. The van der Waals surface area contributed by atoms with E-state index in [1.165, 1.54) is 16.9 Å². The maximum Gasteiger partial charge on any atom is 0.321 e. The highest BCUT2D eigenvalue weighted by Crippen LogP contribution is 2.25. The van der Waals surface area contributed by atoms with Crippen LogP contribution >= 0.6 is 22.9 Å². The standard InChI is InChI=1S/C19H18ClN3OS/c20-16-10-8-15(9-11-16)17-13-25-19(22-17)23-18(24)21-12-4-7-14-5-2-1-3-6-14/h1-3,5-6,8-11,13H,4,7,12H2,(H2,21,22,23,24). The normalized spacial score (nSPS) is 10.4. The van der Waals surface area contributed by atoms with Crippen molar-refractivity contribution in [2.75, 3.05) is 11.9 Å². The van der Waals surface area contributed by atoms with Gasteiger partial charge in [0.05, 0.1) is 5.69 Å². The molecule has 2 N–H and O–H groups in total. The topological polar surface area (TPSA) is 54.0 Å². The largest absolute Gasteiger partial charge is 0.338 e. The minimum Gasteiger partial charge on any atom is -0.338 e. The lowest BCUT2D eigenvalue weighted by Gasteiger charge is -2.05. The van der Waals surface area contributed by atoms with Gasteiger partial charge in [0, 0.05) is 22.5 Å². The predicted octanol–water partition coefficient (Wildman–Crippen LogP) is 5.22. The molecular formula is C19H18ClN3OS. The number of aryl methyl sites for hydroxylation is 1. The molecule has 6 heteroatoms. The molecule has 0 unspecified atom stereocenters. The van der Waals surface area contributed by atoms with Gasteiger partial charge in [-0.3, -0.25) is 5.32 Å². The van der Waals surface area contributed by atoms with Gasteiger partial charge in [0.2, 0.25) is 0 Å². The number of anilines is 1. The third-order valence-corrected chi connectivity index (χ3v) is 4.64. The maximum atomic E-state index is 11.9. The highest BCUT2D eigenvalue weighted by Gasteiger charge is 2.07. The minimum absolute atomic E-state index is 0.231. The number of hydrogen-bond acceptors (Lipinski definition) is 3. The highest BCUT2D eigenvalue weighted by atomic mass is 35.5. The molecule has 0 atom stereocenters. The molecule has 0 saturated heterocycles. The van der Waals surface area contributed by atoms with Crippen LogP contribution in [0.4, 0.5) is 9.93 Å². The summed E-state index contributed by atoms with van der Waals surface area (Å²) in [5.74, 6) is 0. The summed E-state index contributed by atoms with van der Waals surface area (Å²) in [7, 11) is 0. The zero-order chi connectivity index (χ0) is 17.5. The van der Waals surface area contributed by atoms with Crippen molar-refractivity contribution < 1.29 is 4.79 Å². The van der Waals surface area contributed by atoms with Crippen LogP contribution in [0.15, 0.2) is 60.0 Å². The van der Waals surface area contributed by atoms with E-state index in [1.54, 1.807) is 0 Å². The van der Waals surface area contributed by atoms with Crippen LogP contribution in [0.5, 0.6) is 0 Å². The number of amides is 2. The Balaban J connectivity index is 1.44. The summed E-state index contributed by atoms with van der Waals surface area (Å²) in [4.78, 5) is 16.4. The van der Waals surface area contributed by atoms with Crippen molar-refractivity contribution in [3.63, 3.8) is 0 Å². The van der Waals surface area contributed by atoms with Crippen LogP contribution in [0.25, 0.3) is 11.3 Å². The zero-order valence-electron chi connectivity index (χ0n) is 13.5. The minimum atomic E-state index is -0.231. The van der Waals surface area contributed by atoms with Crippen molar-refractivity contribution in [3.05, 3.63) is 70.6 Å². The molecule has 0 aliphatic carbocycles. The summed E-state index contributed by atoms with van der Waals surface area (Å²) in [5.41, 5.74) is 3.07. The van der Waals surface area contributed by atoms with Crippen molar-refractivity contribution in [1.29, 1.82) is 0 Å². The number of urea groups is 1. The van der Waals surface area contributed by atoms with Gasteiger partial charge in [-0.15, -0.1) is 11.3 Å². The molecule has 0 radical (unpaired) electrons. The highest BCUT2D eigenvalue weighted by molar-refractivity contribution is 7.14. The first-order valence-corrected chi connectivity index (χ1v) is 9.27. The molecular weight excluding hydrogens is 354 g/mol. The third kappa shape index (κ3) is 5.31. The summed E-state index contributed by atoms with van der Waals surface area (Å²) < 4.78 is 0. The van der Waals surface area contributed by atoms with Crippen LogP contribution in [0.2, 0.25) is 5.02 Å². The van der Waals surface area contributed by atoms with Gasteiger partial charge in [-0.1, -0.05) is 54.1 Å². The number of carbonyl (C=O) groups is 1. The zero-order valence-corrected chi connectivity index (χ0v) is 15.1. The molecule has 1 aromatic heterocycles. The smallest absolute Gasteiger partial charge is 0.321 e. The first-order valence-electron chi connectivity index (χ1n) is 8.01. The Bertz CT molecular complexity index is 818. The molecule has 3 aromatic rings. The Morgan fingerprint density at radius 1 is 1.08 bits per heavy atom. The quantitative estimate of drug-likeness (QED) is 0.584. The van der Waals surface area contributed by atoms with Gasteiger partial charge in [0.25, 0.3) is 0 Å². The number of thiazole rings is 1. The molecule has 2 amide bonds. The Morgan fingerprint density at radius 3 is 2.60 bits per heavy atom. The molecule has 0 saturated carbocycles. The lowest BCUT2D eigenvalue weighted by Crippen LogP contribution is -2.29. The van der Waals surface area contributed by atoms with Gasteiger partial charge < -0.3 is 5.32 Å². The number of rotatable bonds is 6. The predicted molar refractivity (Wildman–Crippen MR) is 104 cm³/mol. The van der Waals surface area contributed by atoms with Gasteiger partial charge >= 0.3 is 6.03 Å². The molecule has 0 aliphatic heterocycles. The summed E-state index contributed by atoms with van der Waals surface area (Å²) in [6.07, 6.45) is 1.84. The van der Waals surface area contributed by atoms with Crippen LogP contribution in [-0.2, 0) is 6.42 Å². The fourth-order valence-corrected chi connectivity index (χ4v) is 3.21. The van der Waals surface area contributed by atoms with E-state index in [-0.39, 0.29) is 6.03 Å². The van der Waals surface area contributed by atoms with E-state index < -0.39 is 0 Å². The van der Waals surface area contributed by atoms with Crippen LogP contribution in [-0.4, -0.2) is 17.6 Å². The van der Waals surface area contributed by atoms with Gasteiger partial charge in [-0.05, 0) is 30.5 Å². The fraction of sp³-hybridized carbons (Fsp3) is 0.158. The molecule has 3 rings (SSSR count). The number of carbonyl (C=O) groups excluding carboxylic acids is 1. The molecule has 25 heavy (non-hydrogen) atoms.